The molecule has 0 fully saturated rings. The van der Waals surface area contributed by atoms with Crippen LogP contribution in [0.25, 0.3) is 0 Å². The molecule has 2 aromatic rings. The molecule has 1 aromatic carbocycles. The monoisotopic (exact) mass is 198 g/mol. The van der Waals surface area contributed by atoms with Crippen molar-refractivity contribution in [3.8, 4) is 0 Å². The molecule has 0 bridgehead atoms. The number of aromatic nitrogens is 1. The summed E-state index contributed by atoms with van der Waals surface area (Å²) < 4.78 is 0. The second kappa shape index (κ2) is 4.13. The smallest absolute Gasteiger partial charge is 0.0448 e. The van der Waals surface area contributed by atoms with E-state index in [4.69, 9.17) is 5.73 Å². The summed E-state index contributed by atoms with van der Waals surface area (Å²) in [4.78, 5) is 4.28. The number of aryl methyl sites for hydroxylation is 1. The zero-order valence-electron chi connectivity index (χ0n) is 8.77. The van der Waals surface area contributed by atoms with Crippen LogP contribution in [0.15, 0.2) is 42.6 Å². The third kappa shape index (κ3) is 2.34. The first-order valence-corrected chi connectivity index (χ1v) is 5.00. The fourth-order valence-electron chi connectivity index (χ4n) is 1.57. The van der Waals surface area contributed by atoms with E-state index in [0.717, 1.165) is 23.4 Å². The van der Waals surface area contributed by atoms with Gasteiger partial charge in [0, 0.05) is 24.0 Å². The molecule has 1 heterocycles. The number of hydrogen-bond donors (Lipinski definition) is 1. The Labute approximate surface area is 89.8 Å². The van der Waals surface area contributed by atoms with E-state index in [0.29, 0.717) is 0 Å². The van der Waals surface area contributed by atoms with E-state index < -0.39 is 0 Å². The zero-order chi connectivity index (χ0) is 10.7. The van der Waals surface area contributed by atoms with E-state index in [1.165, 1.54) is 5.56 Å². The predicted octanol–water partition coefficient (Wildman–Crippen LogP) is 2.56. The number of hydrogen-bond acceptors (Lipinski definition) is 2. The van der Waals surface area contributed by atoms with E-state index in [1.54, 1.807) is 6.20 Å². The summed E-state index contributed by atoms with van der Waals surface area (Å²) in [7, 11) is 0. The number of pyridine rings is 1. The van der Waals surface area contributed by atoms with Crippen molar-refractivity contribution in [2.24, 2.45) is 0 Å². The summed E-state index contributed by atoms with van der Waals surface area (Å²) in [5.74, 6) is 0. The summed E-state index contributed by atoms with van der Waals surface area (Å²) in [6.45, 7) is 2.04. The van der Waals surface area contributed by atoms with Gasteiger partial charge >= 0.3 is 0 Å². The van der Waals surface area contributed by atoms with Gasteiger partial charge in [-0.2, -0.15) is 0 Å². The van der Waals surface area contributed by atoms with Crippen molar-refractivity contribution in [3.05, 3.63) is 59.4 Å². The fraction of sp³-hybridized carbons (Fsp3) is 0.154. The molecule has 0 atom stereocenters. The lowest BCUT2D eigenvalue weighted by molar-refractivity contribution is 1.07. The van der Waals surface area contributed by atoms with Gasteiger partial charge in [-0.05, 0) is 36.2 Å². The molecular weight excluding hydrogens is 184 g/mol. The van der Waals surface area contributed by atoms with Crippen LogP contribution < -0.4 is 5.73 Å². The highest BCUT2D eigenvalue weighted by atomic mass is 14.7. The van der Waals surface area contributed by atoms with Gasteiger partial charge in [0.15, 0.2) is 0 Å². The number of benzene rings is 1. The number of anilines is 1. The average molecular weight is 198 g/mol. The molecule has 0 aliphatic heterocycles. The van der Waals surface area contributed by atoms with E-state index in [-0.39, 0.29) is 0 Å². The second-order valence-electron chi connectivity index (χ2n) is 3.70. The van der Waals surface area contributed by atoms with Crippen LogP contribution in [0.2, 0.25) is 0 Å². The van der Waals surface area contributed by atoms with Crippen molar-refractivity contribution < 1.29 is 0 Å². The molecule has 0 saturated heterocycles. The summed E-state index contributed by atoms with van der Waals surface area (Å²) in [5, 5.41) is 0. The van der Waals surface area contributed by atoms with Gasteiger partial charge in [0.1, 0.15) is 0 Å². The molecule has 15 heavy (non-hydrogen) atoms. The van der Waals surface area contributed by atoms with Crippen molar-refractivity contribution in [1.29, 1.82) is 0 Å². The Kier molecular flexibility index (Phi) is 2.68. The summed E-state index contributed by atoms with van der Waals surface area (Å²) in [6, 6.07) is 12.1. The maximum Gasteiger partial charge on any atom is 0.0448 e. The Balaban J connectivity index is 2.25. The van der Waals surface area contributed by atoms with E-state index in [9.17, 15) is 0 Å². The molecule has 0 unspecified atom stereocenters. The topological polar surface area (TPSA) is 38.9 Å². The van der Waals surface area contributed by atoms with Crippen LogP contribution in [0.4, 0.5) is 5.69 Å². The quantitative estimate of drug-likeness (QED) is 0.753. The Bertz CT molecular complexity index is 449. The average Bonchev–Trinajstić information content (AvgIpc) is 2.24. The largest absolute Gasteiger partial charge is 0.398 e. The molecule has 0 aliphatic carbocycles. The van der Waals surface area contributed by atoms with E-state index in [1.807, 2.05) is 31.2 Å². The number of nitrogen functional groups attached to an aromatic ring is 1. The number of nitrogens with zero attached hydrogens (tertiary/aromatic N) is 1. The summed E-state index contributed by atoms with van der Waals surface area (Å²) in [5.41, 5.74) is 10.2. The molecule has 2 N–H and O–H groups in total. The first-order valence-electron chi connectivity index (χ1n) is 5.00. The van der Waals surface area contributed by atoms with Crippen molar-refractivity contribution in [1.82, 2.24) is 4.98 Å². The maximum absolute atomic E-state index is 5.94. The van der Waals surface area contributed by atoms with Crippen LogP contribution in [0, 0.1) is 6.92 Å². The lowest BCUT2D eigenvalue weighted by atomic mass is 10.1. The normalized spacial score (nSPS) is 10.2. The molecule has 2 heteroatoms. The molecule has 0 radical (unpaired) electrons. The lowest BCUT2D eigenvalue weighted by Gasteiger charge is -2.05. The molecule has 2 nitrogen and oxygen atoms in total. The SMILES string of the molecule is Cc1ccc(Cc2ccccn2)c(N)c1. The highest BCUT2D eigenvalue weighted by molar-refractivity contribution is 5.50. The predicted molar refractivity (Wildman–Crippen MR) is 62.6 cm³/mol. The van der Waals surface area contributed by atoms with E-state index >= 15 is 0 Å². The molecule has 1 aromatic heterocycles. The highest BCUT2D eigenvalue weighted by Gasteiger charge is 2.01. The minimum atomic E-state index is 0.799. The summed E-state index contributed by atoms with van der Waals surface area (Å²) >= 11 is 0. The van der Waals surface area contributed by atoms with Crippen molar-refractivity contribution in [3.63, 3.8) is 0 Å². The third-order valence-electron chi connectivity index (χ3n) is 2.40. The van der Waals surface area contributed by atoms with Gasteiger partial charge in [-0.15, -0.1) is 0 Å². The first-order chi connectivity index (χ1) is 7.25. The van der Waals surface area contributed by atoms with Gasteiger partial charge in [0.2, 0.25) is 0 Å². The molecule has 0 aliphatic rings. The minimum absolute atomic E-state index is 0.799. The summed E-state index contributed by atoms with van der Waals surface area (Å²) in [6.07, 6.45) is 2.60. The molecule has 0 amide bonds. The highest BCUT2D eigenvalue weighted by Crippen LogP contribution is 2.16. The molecule has 0 saturated carbocycles. The third-order valence-corrected chi connectivity index (χ3v) is 2.40. The first kappa shape index (κ1) is 9.71. The van der Waals surface area contributed by atoms with Crippen LogP contribution in [0.3, 0.4) is 0 Å². The van der Waals surface area contributed by atoms with Crippen LogP contribution >= 0.6 is 0 Å². The molecule has 0 spiro atoms. The van der Waals surface area contributed by atoms with Crippen molar-refractivity contribution in [2.45, 2.75) is 13.3 Å². The minimum Gasteiger partial charge on any atom is -0.398 e. The van der Waals surface area contributed by atoms with Crippen molar-refractivity contribution >= 4 is 5.69 Å². The molecular formula is C13H14N2. The zero-order valence-corrected chi connectivity index (χ0v) is 8.77. The standard InChI is InChI=1S/C13H14N2/c1-10-5-6-11(13(14)8-10)9-12-4-2-3-7-15-12/h2-8H,9,14H2,1H3. The second-order valence-corrected chi connectivity index (χ2v) is 3.70. The fourth-order valence-corrected chi connectivity index (χ4v) is 1.57. The van der Waals surface area contributed by atoms with Gasteiger partial charge < -0.3 is 5.73 Å². The van der Waals surface area contributed by atoms with Crippen molar-refractivity contribution in [2.75, 3.05) is 5.73 Å². The van der Waals surface area contributed by atoms with Crippen LogP contribution in [-0.2, 0) is 6.42 Å². The Hall–Kier alpha value is -1.83. The Morgan fingerprint density at radius 2 is 2.07 bits per heavy atom. The lowest BCUT2D eigenvalue weighted by Crippen LogP contribution is -1.97. The Morgan fingerprint density at radius 1 is 1.20 bits per heavy atom. The van der Waals surface area contributed by atoms with Gasteiger partial charge in [-0.1, -0.05) is 18.2 Å². The van der Waals surface area contributed by atoms with Crippen LogP contribution in [-0.4, -0.2) is 4.98 Å². The maximum atomic E-state index is 5.94. The van der Waals surface area contributed by atoms with Gasteiger partial charge in [0.05, 0.1) is 0 Å². The van der Waals surface area contributed by atoms with Crippen LogP contribution in [0.1, 0.15) is 16.8 Å². The number of nitrogens with two attached hydrogens (primary N) is 1. The molecule has 76 valence electrons. The van der Waals surface area contributed by atoms with E-state index in [2.05, 4.69) is 17.1 Å². The van der Waals surface area contributed by atoms with Gasteiger partial charge in [0.25, 0.3) is 0 Å². The Morgan fingerprint density at radius 3 is 2.73 bits per heavy atom. The van der Waals surface area contributed by atoms with Gasteiger partial charge in [-0.25, -0.2) is 0 Å². The number of rotatable bonds is 2. The molecule has 2 rings (SSSR count). The van der Waals surface area contributed by atoms with Crippen LogP contribution in [0.5, 0.6) is 0 Å². The van der Waals surface area contributed by atoms with Gasteiger partial charge in [-0.3, -0.25) is 4.98 Å².